The van der Waals surface area contributed by atoms with Crippen LogP contribution in [-0.2, 0) is 32.6 Å². The van der Waals surface area contributed by atoms with E-state index in [0.717, 1.165) is 42.6 Å². The second-order valence-corrected chi connectivity index (χ2v) is 12.0. The number of aliphatic carboxylic acids is 1. The maximum absolute atomic E-state index is 15.3. The van der Waals surface area contributed by atoms with Crippen molar-refractivity contribution in [3.05, 3.63) is 101 Å². The number of carbonyl (C=O) groups is 2. The Balaban J connectivity index is 1.47. The number of halogens is 2. The standard InChI is InChI=1S/C37H40F2N4O5/c1-4-47-34(46)13-10-23-8-7-9-24(18-23)37(2,15-5-6-16-40-3)32-22-42-36(43-32)28-19-25(11-12-29(28)38)48-35-27(20-33(44)45)26-14-17-41-31(26)21-30(35)39/h7-9,11-12,14,17-19,21-22,40-41H,4-6,10,13,15-16,20H2,1-3H3,(H,42,43)(H,44,45). The number of esters is 1. The Morgan fingerprint density at radius 1 is 1.06 bits per heavy atom. The quantitative estimate of drug-likeness (QED) is 0.0640. The van der Waals surface area contributed by atoms with Crippen LogP contribution in [0.2, 0.25) is 0 Å². The molecule has 4 N–H and O–H groups in total. The lowest BCUT2D eigenvalue weighted by atomic mass is 9.75. The highest BCUT2D eigenvalue weighted by Gasteiger charge is 2.31. The van der Waals surface area contributed by atoms with E-state index in [0.29, 0.717) is 23.9 Å². The minimum absolute atomic E-state index is 0.113. The number of aromatic nitrogens is 3. The van der Waals surface area contributed by atoms with Gasteiger partial charge < -0.3 is 29.9 Å². The number of nitrogens with one attached hydrogen (secondary N) is 3. The average molecular weight is 659 g/mol. The Morgan fingerprint density at radius 3 is 2.67 bits per heavy atom. The molecule has 5 rings (SSSR count). The number of carbonyl (C=O) groups excluding carboxylic acids is 1. The Bertz CT molecular complexity index is 1900. The van der Waals surface area contributed by atoms with Gasteiger partial charge in [0.2, 0.25) is 0 Å². The van der Waals surface area contributed by atoms with E-state index < -0.39 is 29.4 Å². The van der Waals surface area contributed by atoms with Crippen LogP contribution in [0.15, 0.2) is 67.0 Å². The van der Waals surface area contributed by atoms with Crippen molar-refractivity contribution in [3.8, 4) is 22.9 Å². The molecule has 3 aromatic carbocycles. The van der Waals surface area contributed by atoms with Crippen molar-refractivity contribution in [1.29, 1.82) is 0 Å². The smallest absolute Gasteiger partial charge is 0.307 e. The van der Waals surface area contributed by atoms with Crippen molar-refractivity contribution >= 4 is 22.8 Å². The van der Waals surface area contributed by atoms with Crippen LogP contribution >= 0.6 is 0 Å². The second-order valence-electron chi connectivity index (χ2n) is 12.0. The van der Waals surface area contributed by atoms with Crippen LogP contribution in [0.5, 0.6) is 11.5 Å². The SMILES string of the molecule is CCOC(=O)CCc1cccc(C(C)(CCCCNC)c2cnc(-c3cc(Oc4c(F)cc5[nH]ccc5c4CC(=O)O)ccc3F)[nH]2)c1. The van der Waals surface area contributed by atoms with E-state index in [1.807, 2.05) is 25.2 Å². The Morgan fingerprint density at radius 2 is 1.90 bits per heavy atom. The molecule has 1 atom stereocenters. The van der Waals surface area contributed by atoms with Crippen LogP contribution in [0.3, 0.4) is 0 Å². The van der Waals surface area contributed by atoms with Gasteiger partial charge in [-0.15, -0.1) is 0 Å². The van der Waals surface area contributed by atoms with Crippen LogP contribution in [-0.4, -0.2) is 52.2 Å². The fraction of sp³-hybridized carbons (Fsp3) is 0.324. The molecule has 0 saturated carbocycles. The largest absolute Gasteiger partial charge is 0.481 e. The van der Waals surface area contributed by atoms with Gasteiger partial charge in [0.15, 0.2) is 11.6 Å². The van der Waals surface area contributed by atoms with Crippen molar-refractivity contribution in [2.75, 3.05) is 20.2 Å². The molecule has 5 aromatic rings. The molecule has 1 unspecified atom stereocenters. The number of nitrogens with zero attached hydrogens (tertiary/aromatic N) is 1. The molecule has 2 aromatic heterocycles. The third-order valence-electron chi connectivity index (χ3n) is 8.62. The summed E-state index contributed by atoms with van der Waals surface area (Å²) >= 11 is 0. The van der Waals surface area contributed by atoms with Crippen LogP contribution in [0.25, 0.3) is 22.3 Å². The molecule has 252 valence electrons. The number of rotatable bonds is 16. The monoisotopic (exact) mass is 658 g/mol. The van der Waals surface area contributed by atoms with E-state index in [-0.39, 0.29) is 40.8 Å². The topological polar surface area (TPSA) is 129 Å². The first kappa shape index (κ1) is 34.3. The van der Waals surface area contributed by atoms with E-state index >= 15 is 8.78 Å². The summed E-state index contributed by atoms with van der Waals surface area (Å²) in [6.45, 7) is 5.11. The van der Waals surface area contributed by atoms with Crippen molar-refractivity contribution in [2.45, 2.75) is 57.8 Å². The Hall–Kier alpha value is -5.03. The number of hydrogen-bond acceptors (Lipinski definition) is 6. The number of aryl methyl sites for hydroxylation is 1. The van der Waals surface area contributed by atoms with Gasteiger partial charge >= 0.3 is 11.9 Å². The molecule has 0 spiro atoms. The molecule has 0 amide bonds. The van der Waals surface area contributed by atoms with E-state index in [1.54, 1.807) is 25.4 Å². The van der Waals surface area contributed by atoms with Gasteiger partial charge in [-0.05, 0) is 82.1 Å². The summed E-state index contributed by atoms with van der Waals surface area (Å²) < 4.78 is 41.6. The molecule has 0 bridgehead atoms. The highest BCUT2D eigenvalue weighted by molar-refractivity contribution is 5.89. The number of carboxylic acid groups (broad SMARTS) is 1. The predicted molar refractivity (Wildman–Crippen MR) is 179 cm³/mol. The van der Waals surface area contributed by atoms with Crippen molar-refractivity contribution in [3.63, 3.8) is 0 Å². The van der Waals surface area contributed by atoms with E-state index in [9.17, 15) is 14.7 Å². The zero-order valence-corrected chi connectivity index (χ0v) is 27.3. The minimum atomic E-state index is -1.14. The van der Waals surface area contributed by atoms with Gasteiger partial charge in [0.1, 0.15) is 17.4 Å². The van der Waals surface area contributed by atoms with Gasteiger partial charge in [0.25, 0.3) is 0 Å². The number of fused-ring (bicyclic) bond motifs is 1. The number of unbranched alkanes of at least 4 members (excludes halogenated alkanes) is 1. The molecule has 0 aliphatic rings. The molecular formula is C37H40F2N4O5. The number of imidazole rings is 1. The first-order chi connectivity index (χ1) is 23.1. The minimum Gasteiger partial charge on any atom is -0.481 e. The van der Waals surface area contributed by atoms with Crippen LogP contribution in [0.4, 0.5) is 8.78 Å². The lowest BCUT2D eigenvalue weighted by Crippen LogP contribution is -2.25. The lowest BCUT2D eigenvalue weighted by molar-refractivity contribution is -0.143. The maximum Gasteiger partial charge on any atom is 0.307 e. The summed E-state index contributed by atoms with van der Waals surface area (Å²) in [5.41, 5.74) is 3.02. The number of carboxylic acids is 1. The zero-order valence-electron chi connectivity index (χ0n) is 27.3. The van der Waals surface area contributed by atoms with Crippen molar-refractivity contribution in [1.82, 2.24) is 20.3 Å². The third kappa shape index (κ3) is 7.74. The first-order valence-corrected chi connectivity index (χ1v) is 16.1. The summed E-state index contributed by atoms with van der Waals surface area (Å²) in [7, 11) is 1.92. The molecule has 2 heterocycles. The molecule has 0 aliphatic carbocycles. The zero-order chi connectivity index (χ0) is 34.3. The molecule has 0 saturated heterocycles. The Labute approximate surface area is 277 Å². The lowest BCUT2D eigenvalue weighted by Gasteiger charge is -2.30. The highest BCUT2D eigenvalue weighted by Crippen LogP contribution is 2.39. The van der Waals surface area contributed by atoms with Gasteiger partial charge in [-0.2, -0.15) is 0 Å². The summed E-state index contributed by atoms with van der Waals surface area (Å²) in [4.78, 5) is 34.5. The first-order valence-electron chi connectivity index (χ1n) is 16.1. The van der Waals surface area contributed by atoms with Gasteiger partial charge in [-0.25, -0.2) is 13.8 Å². The number of H-pyrrole nitrogens is 2. The van der Waals surface area contributed by atoms with Crippen molar-refractivity contribution < 1.29 is 33.0 Å². The summed E-state index contributed by atoms with van der Waals surface area (Å²) in [6, 6.07) is 15.0. The van der Waals surface area contributed by atoms with Crippen LogP contribution in [0, 0.1) is 11.6 Å². The molecule has 0 aliphatic heterocycles. The summed E-state index contributed by atoms with van der Waals surface area (Å²) in [5.74, 6) is -2.55. The van der Waals surface area contributed by atoms with Gasteiger partial charge in [-0.3, -0.25) is 9.59 Å². The Kier molecular flexibility index (Phi) is 10.9. The molecule has 0 fully saturated rings. The van der Waals surface area contributed by atoms with E-state index in [1.165, 1.54) is 24.3 Å². The van der Waals surface area contributed by atoms with Gasteiger partial charge in [0.05, 0.1) is 18.6 Å². The van der Waals surface area contributed by atoms with E-state index in [4.69, 9.17) is 9.47 Å². The second kappa shape index (κ2) is 15.2. The fourth-order valence-corrected chi connectivity index (χ4v) is 6.03. The average Bonchev–Trinajstić information content (AvgIpc) is 3.75. The number of ether oxygens (including phenoxy) is 2. The molecule has 48 heavy (non-hydrogen) atoms. The normalized spacial score (nSPS) is 12.6. The maximum atomic E-state index is 15.3. The number of hydrogen-bond donors (Lipinski definition) is 4. The third-order valence-corrected chi connectivity index (χ3v) is 8.62. The van der Waals surface area contributed by atoms with Crippen molar-refractivity contribution in [2.24, 2.45) is 0 Å². The predicted octanol–water partition coefficient (Wildman–Crippen LogP) is 7.45. The van der Waals surface area contributed by atoms with Gasteiger partial charge in [0, 0.05) is 52.5 Å². The van der Waals surface area contributed by atoms with Crippen LogP contribution in [0.1, 0.15) is 61.9 Å². The molecule has 11 heteroatoms. The van der Waals surface area contributed by atoms with Gasteiger partial charge in [-0.1, -0.05) is 30.7 Å². The summed E-state index contributed by atoms with van der Waals surface area (Å²) in [5, 5.41) is 13.2. The summed E-state index contributed by atoms with van der Waals surface area (Å²) in [6.07, 6.45) is 6.30. The number of benzene rings is 3. The van der Waals surface area contributed by atoms with E-state index in [2.05, 4.69) is 33.3 Å². The van der Waals surface area contributed by atoms with Crippen LogP contribution < -0.4 is 10.1 Å². The molecular weight excluding hydrogens is 618 g/mol. The highest BCUT2D eigenvalue weighted by atomic mass is 19.1. The number of aromatic amines is 2. The molecule has 9 nitrogen and oxygen atoms in total. The molecule has 0 radical (unpaired) electrons. The fourth-order valence-electron chi connectivity index (χ4n) is 6.03.